The van der Waals surface area contributed by atoms with Gasteiger partial charge in [-0.15, -0.1) is 0 Å². The van der Waals surface area contributed by atoms with Crippen molar-refractivity contribution >= 4 is 5.97 Å². The molecule has 2 heterocycles. The Morgan fingerprint density at radius 3 is 2.57 bits per heavy atom. The molecule has 0 saturated carbocycles. The molecule has 1 N–H and O–H groups in total. The number of hydrogen-bond donors (Lipinski definition) is 1. The van der Waals surface area contributed by atoms with Crippen LogP contribution >= 0.6 is 0 Å². The fraction of sp³-hybridized carbons (Fsp3) is 0.938. The molecule has 0 aromatic heterocycles. The van der Waals surface area contributed by atoms with E-state index in [2.05, 4.69) is 21.6 Å². The van der Waals surface area contributed by atoms with Crippen LogP contribution in [0, 0.1) is 0 Å². The average molecular weight is 297 g/mol. The summed E-state index contributed by atoms with van der Waals surface area (Å²) in [5.41, 5.74) is 0. The first kappa shape index (κ1) is 16.7. The number of carboxylic acid groups (broad SMARTS) is 1. The van der Waals surface area contributed by atoms with Gasteiger partial charge in [-0.3, -0.25) is 14.6 Å². The molecule has 0 aromatic carbocycles. The van der Waals surface area contributed by atoms with Gasteiger partial charge in [-0.25, -0.2) is 0 Å². The lowest BCUT2D eigenvalue weighted by Gasteiger charge is -2.30. The second-order valence-electron chi connectivity index (χ2n) is 6.49. The molecule has 2 saturated heterocycles. The van der Waals surface area contributed by atoms with Crippen LogP contribution in [0.15, 0.2) is 0 Å². The smallest absolute Gasteiger partial charge is 0.317 e. The van der Waals surface area contributed by atoms with Gasteiger partial charge in [0, 0.05) is 25.7 Å². The minimum atomic E-state index is -0.701. The standard InChI is InChI=1S/C16H31N3O2/c1-2-7-17-8-3-5-15(6-11-17)19-10-4-9-18(12-13-19)14-16(20)21/h15H,2-14H2,1H3,(H,20,21). The number of nitrogens with zero attached hydrogens (tertiary/aromatic N) is 3. The normalized spacial score (nSPS) is 27.2. The zero-order valence-electron chi connectivity index (χ0n) is 13.5. The Labute approximate surface area is 128 Å². The van der Waals surface area contributed by atoms with Crippen LogP contribution in [0.2, 0.25) is 0 Å². The Hall–Kier alpha value is -0.650. The molecule has 2 rings (SSSR count). The van der Waals surface area contributed by atoms with Crippen LogP contribution in [-0.4, -0.2) is 84.2 Å². The third kappa shape index (κ3) is 5.57. The average Bonchev–Trinajstić information content (AvgIpc) is 2.79. The van der Waals surface area contributed by atoms with Crippen molar-refractivity contribution in [3.05, 3.63) is 0 Å². The van der Waals surface area contributed by atoms with Crippen molar-refractivity contribution in [3.8, 4) is 0 Å². The molecule has 2 fully saturated rings. The fourth-order valence-electron chi connectivity index (χ4n) is 3.75. The summed E-state index contributed by atoms with van der Waals surface area (Å²) in [6.45, 7) is 10.2. The third-order valence-corrected chi connectivity index (χ3v) is 4.83. The number of hydrogen-bond acceptors (Lipinski definition) is 4. The molecule has 0 spiro atoms. The maximum absolute atomic E-state index is 10.8. The van der Waals surface area contributed by atoms with Gasteiger partial charge in [0.05, 0.1) is 6.54 Å². The predicted octanol–water partition coefficient (Wildman–Crippen LogP) is 1.34. The Morgan fingerprint density at radius 1 is 1.00 bits per heavy atom. The largest absolute Gasteiger partial charge is 0.480 e. The van der Waals surface area contributed by atoms with Gasteiger partial charge >= 0.3 is 5.97 Å². The molecule has 21 heavy (non-hydrogen) atoms. The highest BCUT2D eigenvalue weighted by atomic mass is 16.4. The molecule has 0 bridgehead atoms. The summed E-state index contributed by atoms with van der Waals surface area (Å²) in [7, 11) is 0. The van der Waals surface area contributed by atoms with Crippen LogP contribution in [-0.2, 0) is 4.79 Å². The van der Waals surface area contributed by atoms with E-state index in [-0.39, 0.29) is 6.54 Å². The Kier molecular flexibility index (Phi) is 6.93. The van der Waals surface area contributed by atoms with Crippen molar-refractivity contribution in [2.75, 3.05) is 52.4 Å². The van der Waals surface area contributed by atoms with Crippen molar-refractivity contribution in [2.24, 2.45) is 0 Å². The molecular formula is C16H31N3O2. The topological polar surface area (TPSA) is 47.0 Å². The van der Waals surface area contributed by atoms with Gasteiger partial charge < -0.3 is 10.0 Å². The molecule has 1 unspecified atom stereocenters. The minimum Gasteiger partial charge on any atom is -0.480 e. The van der Waals surface area contributed by atoms with Crippen molar-refractivity contribution in [2.45, 2.75) is 45.1 Å². The molecule has 0 aliphatic carbocycles. The fourth-order valence-corrected chi connectivity index (χ4v) is 3.75. The Balaban J connectivity index is 1.80. The highest BCUT2D eigenvalue weighted by Crippen LogP contribution is 2.19. The second-order valence-corrected chi connectivity index (χ2v) is 6.49. The number of carbonyl (C=O) groups is 1. The van der Waals surface area contributed by atoms with E-state index in [1.165, 1.54) is 45.3 Å². The minimum absolute atomic E-state index is 0.197. The highest BCUT2D eigenvalue weighted by molar-refractivity contribution is 5.69. The maximum Gasteiger partial charge on any atom is 0.317 e. The molecule has 1 atom stereocenters. The Bertz CT molecular complexity index is 325. The van der Waals surface area contributed by atoms with Crippen molar-refractivity contribution < 1.29 is 9.90 Å². The number of carboxylic acids is 1. The summed E-state index contributed by atoms with van der Waals surface area (Å²) in [5.74, 6) is -0.701. The van der Waals surface area contributed by atoms with Gasteiger partial charge in [0.2, 0.25) is 0 Å². The van der Waals surface area contributed by atoms with Crippen molar-refractivity contribution in [1.29, 1.82) is 0 Å². The summed E-state index contributed by atoms with van der Waals surface area (Å²) in [5, 5.41) is 8.93. The molecular weight excluding hydrogens is 266 g/mol. The summed E-state index contributed by atoms with van der Waals surface area (Å²) in [4.78, 5) is 18.2. The van der Waals surface area contributed by atoms with Crippen LogP contribution in [0.3, 0.4) is 0 Å². The highest BCUT2D eigenvalue weighted by Gasteiger charge is 2.25. The van der Waals surface area contributed by atoms with E-state index in [9.17, 15) is 4.79 Å². The van der Waals surface area contributed by atoms with Gasteiger partial charge in [-0.2, -0.15) is 0 Å². The van der Waals surface area contributed by atoms with E-state index < -0.39 is 5.97 Å². The van der Waals surface area contributed by atoms with Crippen molar-refractivity contribution in [3.63, 3.8) is 0 Å². The van der Waals surface area contributed by atoms with E-state index >= 15 is 0 Å². The quantitative estimate of drug-likeness (QED) is 0.830. The van der Waals surface area contributed by atoms with E-state index in [0.29, 0.717) is 6.04 Å². The SMILES string of the molecule is CCCN1CCCC(N2CCCN(CC(=O)O)CC2)CC1. The lowest BCUT2D eigenvalue weighted by molar-refractivity contribution is -0.138. The van der Waals surface area contributed by atoms with Gasteiger partial charge in [-0.05, 0) is 58.3 Å². The molecule has 0 amide bonds. The summed E-state index contributed by atoms with van der Waals surface area (Å²) in [6.07, 6.45) is 6.24. The van der Waals surface area contributed by atoms with Crippen LogP contribution in [0.1, 0.15) is 39.0 Å². The zero-order chi connectivity index (χ0) is 15.1. The van der Waals surface area contributed by atoms with Gasteiger partial charge in [0.25, 0.3) is 0 Å². The first-order valence-electron chi connectivity index (χ1n) is 8.59. The number of rotatable bonds is 5. The predicted molar refractivity (Wildman–Crippen MR) is 84.6 cm³/mol. The third-order valence-electron chi connectivity index (χ3n) is 4.83. The zero-order valence-corrected chi connectivity index (χ0v) is 13.5. The van der Waals surface area contributed by atoms with E-state index in [1.54, 1.807) is 0 Å². The lowest BCUT2D eigenvalue weighted by Crippen LogP contribution is -2.39. The molecule has 2 aliphatic rings. The van der Waals surface area contributed by atoms with Gasteiger partial charge in [-0.1, -0.05) is 6.92 Å². The lowest BCUT2D eigenvalue weighted by atomic mass is 10.1. The van der Waals surface area contributed by atoms with E-state index in [4.69, 9.17) is 5.11 Å². The Morgan fingerprint density at radius 2 is 1.81 bits per heavy atom. The summed E-state index contributed by atoms with van der Waals surface area (Å²) >= 11 is 0. The van der Waals surface area contributed by atoms with Crippen LogP contribution < -0.4 is 0 Å². The molecule has 0 aromatic rings. The summed E-state index contributed by atoms with van der Waals surface area (Å²) in [6, 6.07) is 0.705. The van der Waals surface area contributed by atoms with Crippen LogP contribution in [0.4, 0.5) is 0 Å². The van der Waals surface area contributed by atoms with Gasteiger partial charge in [0.15, 0.2) is 0 Å². The number of aliphatic carboxylic acids is 1. The van der Waals surface area contributed by atoms with Gasteiger partial charge in [0.1, 0.15) is 0 Å². The van der Waals surface area contributed by atoms with Crippen LogP contribution in [0.25, 0.3) is 0 Å². The second kappa shape index (κ2) is 8.71. The molecule has 0 radical (unpaired) electrons. The van der Waals surface area contributed by atoms with E-state index in [0.717, 1.165) is 32.6 Å². The first-order chi connectivity index (χ1) is 10.2. The van der Waals surface area contributed by atoms with Crippen LogP contribution in [0.5, 0.6) is 0 Å². The molecule has 122 valence electrons. The molecule has 5 nitrogen and oxygen atoms in total. The monoisotopic (exact) mass is 297 g/mol. The maximum atomic E-state index is 10.8. The number of likely N-dealkylation sites (tertiary alicyclic amines) is 1. The molecule has 2 aliphatic heterocycles. The first-order valence-corrected chi connectivity index (χ1v) is 8.59. The van der Waals surface area contributed by atoms with Crippen molar-refractivity contribution in [1.82, 2.24) is 14.7 Å². The van der Waals surface area contributed by atoms with E-state index in [1.807, 2.05) is 0 Å². The summed E-state index contributed by atoms with van der Waals surface area (Å²) < 4.78 is 0. The molecule has 5 heteroatoms.